The van der Waals surface area contributed by atoms with E-state index in [-0.39, 0.29) is 7.12 Å². The van der Waals surface area contributed by atoms with Crippen molar-refractivity contribution >= 4 is 5.91 Å². The number of nitrogens with two attached hydrogens (primary N) is 1. The Hall–Kier alpha value is -1.66. The van der Waals surface area contributed by atoms with Gasteiger partial charge in [0.2, 0.25) is 0 Å². The van der Waals surface area contributed by atoms with Crippen molar-refractivity contribution in [3.63, 3.8) is 0 Å². The Morgan fingerprint density at radius 2 is 2.42 bits per heavy atom. The number of methoxy groups -OCH3 is 2. The van der Waals surface area contributed by atoms with Crippen molar-refractivity contribution in [2.75, 3.05) is 27.3 Å². The van der Waals surface area contributed by atoms with Crippen LogP contribution in [0.5, 0.6) is 5.75 Å². The summed E-state index contributed by atoms with van der Waals surface area (Å²) in [7, 11) is 3.31. The lowest BCUT2D eigenvalue weighted by Crippen LogP contribution is -2.23. The van der Waals surface area contributed by atoms with Gasteiger partial charge < -0.3 is 15.2 Å². The summed E-state index contributed by atoms with van der Waals surface area (Å²) in [4.78, 5) is 17.4. The average molecular weight is 267 g/mol. The van der Waals surface area contributed by atoms with Gasteiger partial charge in [-0.05, 0) is 6.42 Å². The van der Waals surface area contributed by atoms with Crippen molar-refractivity contribution in [2.45, 2.75) is 19.1 Å². The molecule has 1 saturated heterocycles. The highest BCUT2D eigenvalue weighted by molar-refractivity contribution is 5.91. The number of hydrogen-bond donors (Lipinski definition) is 1. The van der Waals surface area contributed by atoms with Crippen LogP contribution in [-0.2, 0) is 11.3 Å². The molecular formula is C13H21N3O3. The molecule has 1 aromatic rings. The minimum Gasteiger partial charge on any atom is -0.496 e. The summed E-state index contributed by atoms with van der Waals surface area (Å²) < 4.78 is 10.6. The highest BCUT2D eigenvalue weighted by Gasteiger charge is 2.23. The Balaban J connectivity index is 0.00000200. The van der Waals surface area contributed by atoms with Gasteiger partial charge in [-0.3, -0.25) is 14.7 Å². The number of pyridine rings is 1. The topological polar surface area (TPSA) is 77.7 Å². The molecule has 0 radical (unpaired) electrons. The number of amides is 1. The average Bonchev–Trinajstić information content (AvgIpc) is 2.86. The van der Waals surface area contributed by atoms with Crippen LogP contribution in [0, 0.1) is 0 Å². The van der Waals surface area contributed by atoms with E-state index in [1.165, 1.54) is 0 Å². The molecule has 0 aromatic carbocycles. The van der Waals surface area contributed by atoms with Gasteiger partial charge in [-0.25, -0.2) is 0 Å². The van der Waals surface area contributed by atoms with Crippen LogP contribution in [-0.4, -0.2) is 49.2 Å². The molecule has 0 bridgehead atoms. The second kappa shape index (κ2) is 5.99. The van der Waals surface area contributed by atoms with E-state index in [0.29, 0.717) is 11.9 Å². The van der Waals surface area contributed by atoms with E-state index >= 15 is 0 Å². The largest absolute Gasteiger partial charge is 0.496 e. The maximum atomic E-state index is 11.1. The molecule has 1 aromatic heterocycles. The van der Waals surface area contributed by atoms with Crippen molar-refractivity contribution in [3.05, 3.63) is 23.5 Å². The van der Waals surface area contributed by atoms with Crippen LogP contribution < -0.4 is 10.5 Å². The van der Waals surface area contributed by atoms with E-state index < -0.39 is 5.91 Å². The molecule has 0 saturated carbocycles. The molecule has 0 unspecified atom stereocenters. The van der Waals surface area contributed by atoms with E-state index in [0.717, 1.165) is 31.6 Å². The second-order valence-electron chi connectivity index (χ2n) is 4.63. The Morgan fingerprint density at radius 3 is 3.00 bits per heavy atom. The van der Waals surface area contributed by atoms with E-state index in [9.17, 15) is 4.79 Å². The normalized spacial score (nSPS) is 19.6. The Labute approximate surface area is 114 Å². The molecule has 1 fully saturated rings. The van der Waals surface area contributed by atoms with Crippen LogP contribution in [0.15, 0.2) is 12.3 Å². The first-order valence-electron chi connectivity index (χ1n) is 6.22. The minimum absolute atomic E-state index is 0. The first-order valence-corrected chi connectivity index (χ1v) is 6.22. The van der Waals surface area contributed by atoms with E-state index in [2.05, 4.69) is 9.88 Å². The van der Waals surface area contributed by atoms with Gasteiger partial charge in [0.15, 0.2) is 0 Å². The molecule has 1 aliphatic rings. The van der Waals surface area contributed by atoms with Crippen LogP contribution in [0.1, 0.15) is 23.9 Å². The van der Waals surface area contributed by atoms with E-state index in [4.69, 9.17) is 15.2 Å². The minimum atomic E-state index is -0.550. The van der Waals surface area contributed by atoms with Crippen molar-refractivity contribution in [3.8, 4) is 5.75 Å². The maximum Gasteiger partial charge on any atom is 0.267 e. The first kappa shape index (κ1) is 13.8. The van der Waals surface area contributed by atoms with Crippen molar-refractivity contribution in [1.29, 1.82) is 0 Å². The number of likely N-dealkylation sites (tertiary alicyclic amines) is 1. The fraction of sp³-hybridized carbons (Fsp3) is 0.538. The van der Waals surface area contributed by atoms with Gasteiger partial charge in [0, 0.05) is 46.0 Å². The molecule has 106 valence electrons. The molecule has 2 N–H and O–H groups in total. The molecule has 0 aliphatic carbocycles. The third kappa shape index (κ3) is 3.21. The summed E-state index contributed by atoms with van der Waals surface area (Å²) in [6.07, 6.45) is 2.98. The molecule has 1 amide bonds. The third-order valence-corrected chi connectivity index (χ3v) is 3.37. The fourth-order valence-corrected chi connectivity index (χ4v) is 2.28. The Kier molecular flexibility index (Phi) is 4.34. The Morgan fingerprint density at radius 1 is 1.63 bits per heavy atom. The summed E-state index contributed by atoms with van der Waals surface area (Å²) in [5.74, 6) is 0.0927. The van der Waals surface area contributed by atoms with Gasteiger partial charge in [0.25, 0.3) is 5.91 Å². The van der Waals surface area contributed by atoms with Crippen LogP contribution in [0.3, 0.4) is 0 Å². The van der Waals surface area contributed by atoms with Gasteiger partial charge in [0.05, 0.1) is 13.2 Å². The molecule has 2 rings (SSSR count). The van der Waals surface area contributed by atoms with Crippen LogP contribution in [0.4, 0.5) is 0 Å². The highest BCUT2D eigenvalue weighted by atomic mass is 16.5. The van der Waals surface area contributed by atoms with E-state index in [1.54, 1.807) is 26.5 Å². The molecule has 6 nitrogen and oxygen atoms in total. The summed E-state index contributed by atoms with van der Waals surface area (Å²) >= 11 is 0. The molecule has 1 atom stereocenters. The lowest BCUT2D eigenvalue weighted by atomic mass is 10.2. The van der Waals surface area contributed by atoms with Crippen molar-refractivity contribution < 1.29 is 15.7 Å². The second-order valence-corrected chi connectivity index (χ2v) is 4.63. The van der Waals surface area contributed by atoms with Crippen molar-refractivity contribution in [2.24, 2.45) is 5.73 Å². The fourth-order valence-electron chi connectivity index (χ4n) is 2.28. The maximum absolute atomic E-state index is 11.1. The summed E-state index contributed by atoms with van der Waals surface area (Å²) in [6.45, 7) is 2.62. The number of hydrogen-bond acceptors (Lipinski definition) is 5. The van der Waals surface area contributed by atoms with Gasteiger partial charge in [-0.15, -0.1) is 0 Å². The lowest BCUT2D eigenvalue weighted by molar-refractivity contribution is 0.0995. The molecule has 2 heterocycles. The summed E-state index contributed by atoms with van der Waals surface area (Å²) in [5.41, 5.74) is 6.37. The smallest absolute Gasteiger partial charge is 0.267 e. The number of rotatable bonds is 5. The first-order chi connectivity index (χ1) is 9.13. The summed E-state index contributed by atoms with van der Waals surface area (Å²) in [5, 5.41) is 0. The van der Waals surface area contributed by atoms with Gasteiger partial charge >= 0.3 is 0 Å². The SMILES string of the molecule is COc1cc(C(N)=O)ncc1CN1CC[C@@H](OC)C1.[HH]. The van der Waals surface area contributed by atoms with Gasteiger partial charge in [0.1, 0.15) is 11.4 Å². The van der Waals surface area contributed by atoms with Gasteiger partial charge in [-0.1, -0.05) is 0 Å². The predicted octanol–water partition coefficient (Wildman–Crippen LogP) is 0.656. The van der Waals surface area contributed by atoms with Crippen LogP contribution in [0.2, 0.25) is 0 Å². The zero-order valence-corrected chi connectivity index (χ0v) is 11.3. The number of ether oxygens (including phenoxy) is 2. The number of carbonyl (C=O) groups excluding carboxylic acids is 1. The van der Waals surface area contributed by atoms with Crippen LogP contribution in [0.25, 0.3) is 0 Å². The van der Waals surface area contributed by atoms with Gasteiger partial charge in [-0.2, -0.15) is 0 Å². The summed E-state index contributed by atoms with van der Waals surface area (Å²) in [6, 6.07) is 1.58. The number of nitrogens with zero attached hydrogens (tertiary/aromatic N) is 2. The quantitative estimate of drug-likeness (QED) is 0.847. The molecule has 6 heteroatoms. The van der Waals surface area contributed by atoms with E-state index in [1.807, 2.05) is 0 Å². The third-order valence-electron chi connectivity index (χ3n) is 3.37. The van der Waals surface area contributed by atoms with Crippen molar-refractivity contribution in [1.82, 2.24) is 9.88 Å². The zero-order valence-electron chi connectivity index (χ0n) is 11.3. The Bertz CT molecular complexity index is 470. The predicted molar refractivity (Wildman–Crippen MR) is 72.1 cm³/mol. The van der Waals surface area contributed by atoms with Crippen LogP contribution >= 0.6 is 0 Å². The molecule has 19 heavy (non-hydrogen) atoms. The number of primary amides is 1. The molecule has 0 spiro atoms. The number of aromatic nitrogens is 1. The lowest BCUT2D eigenvalue weighted by Gasteiger charge is -2.17. The monoisotopic (exact) mass is 267 g/mol. The molecular weight excluding hydrogens is 246 g/mol. The zero-order chi connectivity index (χ0) is 13.8. The highest BCUT2D eigenvalue weighted by Crippen LogP contribution is 2.22. The standard InChI is InChI=1S/C13H19N3O3.H2/c1-18-10-3-4-16(8-10)7-9-6-15-11(13(14)17)5-12(9)19-2;/h5-6,10H,3-4,7-8H2,1-2H3,(H2,14,17);1H/t10-;/m1./s1. The molecule has 1 aliphatic heterocycles. The number of carbonyl (C=O) groups is 1.